The lowest BCUT2D eigenvalue weighted by molar-refractivity contribution is -0.122. The van der Waals surface area contributed by atoms with Gasteiger partial charge in [0.25, 0.3) is 5.91 Å². The molecular formula is C8H9N7O. The molecule has 2 rings (SSSR count). The van der Waals surface area contributed by atoms with Gasteiger partial charge in [-0.3, -0.25) is 15.2 Å². The average molecular weight is 219 g/mol. The number of carbonyl (C=O) groups excluding carboxylic acids is 1. The summed E-state index contributed by atoms with van der Waals surface area (Å²) in [6.45, 7) is -0.0609. The average Bonchev–Trinajstić information content (AvgIpc) is 2.78. The number of amides is 1. The smallest absolute Gasteiger partial charge is 0.257 e. The Morgan fingerprint density at radius 3 is 2.88 bits per heavy atom. The minimum Gasteiger partial charge on any atom is -0.293 e. The summed E-state index contributed by atoms with van der Waals surface area (Å²) in [5.41, 5.74) is 2.77. The number of hydrogen-bond donors (Lipinski definition) is 2. The number of tetrazole rings is 1. The van der Waals surface area contributed by atoms with E-state index < -0.39 is 5.91 Å². The normalized spacial score (nSPS) is 10.1. The van der Waals surface area contributed by atoms with E-state index >= 15 is 0 Å². The van der Waals surface area contributed by atoms with Crippen LogP contribution in [0, 0.1) is 0 Å². The lowest BCUT2D eigenvalue weighted by Crippen LogP contribution is -2.33. The van der Waals surface area contributed by atoms with Gasteiger partial charge in [0, 0.05) is 18.0 Å². The molecule has 2 aromatic heterocycles. The summed E-state index contributed by atoms with van der Waals surface area (Å²) < 4.78 is 0. The molecule has 3 N–H and O–H groups in total. The predicted molar refractivity (Wildman–Crippen MR) is 53.4 cm³/mol. The zero-order valence-corrected chi connectivity index (χ0v) is 8.24. The Morgan fingerprint density at radius 2 is 2.19 bits per heavy atom. The van der Waals surface area contributed by atoms with E-state index in [1.807, 2.05) is 5.43 Å². The van der Waals surface area contributed by atoms with Crippen LogP contribution < -0.4 is 11.3 Å². The Labute approximate surface area is 90.4 Å². The third kappa shape index (κ3) is 2.17. The van der Waals surface area contributed by atoms with Crippen molar-refractivity contribution in [2.24, 2.45) is 5.84 Å². The molecule has 0 atom stereocenters. The van der Waals surface area contributed by atoms with Crippen molar-refractivity contribution in [3.05, 3.63) is 24.5 Å². The third-order valence-electron chi connectivity index (χ3n) is 1.84. The van der Waals surface area contributed by atoms with Crippen LogP contribution in [0.15, 0.2) is 24.5 Å². The summed E-state index contributed by atoms with van der Waals surface area (Å²) >= 11 is 0. The first kappa shape index (κ1) is 10.2. The van der Waals surface area contributed by atoms with Crippen molar-refractivity contribution >= 4 is 5.91 Å². The highest BCUT2D eigenvalue weighted by atomic mass is 16.2. The van der Waals surface area contributed by atoms with E-state index in [0.717, 1.165) is 10.4 Å². The standard InChI is InChI=1S/C8H9N7O/c9-11-7(16)5-15-13-8(12-14-15)6-1-3-10-4-2-6/h1-4H,5,9H2,(H,11,16). The third-order valence-corrected chi connectivity index (χ3v) is 1.84. The molecule has 0 aliphatic carbocycles. The highest BCUT2D eigenvalue weighted by Gasteiger charge is 2.07. The molecule has 2 aromatic rings. The van der Waals surface area contributed by atoms with Gasteiger partial charge in [-0.1, -0.05) is 0 Å². The molecule has 0 aliphatic heterocycles. The quantitative estimate of drug-likeness (QED) is 0.378. The first-order valence-electron chi connectivity index (χ1n) is 4.47. The largest absolute Gasteiger partial charge is 0.293 e. The molecule has 16 heavy (non-hydrogen) atoms. The fourth-order valence-corrected chi connectivity index (χ4v) is 1.10. The summed E-state index contributed by atoms with van der Waals surface area (Å²) in [5, 5.41) is 11.5. The zero-order chi connectivity index (χ0) is 11.4. The van der Waals surface area contributed by atoms with Gasteiger partial charge >= 0.3 is 0 Å². The van der Waals surface area contributed by atoms with Crippen LogP contribution in [0.25, 0.3) is 11.4 Å². The Morgan fingerprint density at radius 1 is 1.44 bits per heavy atom. The Hall–Kier alpha value is -2.35. The van der Waals surface area contributed by atoms with Crippen molar-refractivity contribution in [2.75, 3.05) is 0 Å². The van der Waals surface area contributed by atoms with Crippen molar-refractivity contribution in [1.29, 1.82) is 0 Å². The number of nitrogens with one attached hydrogen (secondary N) is 1. The molecule has 0 saturated heterocycles. The van der Waals surface area contributed by atoms with Crippen molar-refractivity contribution < 1.29 is 4.79 Å². The van der Waals surface area contributed by atoms with Crippen molar-refractivity contribution in [2.45, 2.75) is 6.54 Å². The Bertz CT molecular complexity index is 480. The van der Waals surface area contributed by atoms with Crippen molar-refractivity contribution in [3.8, 4) is 11.4 Å². The molecule has 1 amide bonds. The van der Waals surface area contributed by atoms with Gasteiger partial charge in [0.05, 0.1) is 0 Å². The number of hydrazine groups is 1. The van der Waals surface area contributed by atoms with Gasteiger partial charge in [0.1, 0.15) is 6.54 Å². The van der Waals surface area contributed by atoms with Gasteiger partial charge in [-0.15, -0.1) is 10.2 Å². The maximum absolute atomic E-state index is 11.0. The number of aromatic nitrogens is 5. The van der Waals surface area contributed by atoms with Crippen LogP contribution in [-0.4, -0.2) is 31.1 Å². The molecule has 0 radical (unpaired) electrons. The topological polar surface area (TPSA) is 112 Å². The Kier molecular flexibility index (Phi) is 2.83. The molecule has 8 nitrogen and oxygen atoms in total. The molecule has 0 saturated carbocycles. The molecule has 0 fully saturated rings. The minimum atomic E-state index is -0.390. The van der Waals surface area contributed by atoms with Crippen LogP contribution in [0.5, 0.6) is 0 Å². The minimum absolute atomic E-state index is 0.0609. The molecule has 0 bridgehead atoms. The summed E-state index contributed by atoms with van der Waals surface area (Å²) in [6, 6.07) is 3.51. The second-order valence-electron chi connectivity index (χ2n) is 2.95. The second kappa shape index (κ2) is 4.45. The SMILES string of the molecule is NNC(=O)Cn1nnc(-c2ccncc2)n1. The molecule has 0 aromatic carbocycles. The second-order valence-corrected chi connectivity index (χ2v) is 2.95. The highest BCUT2D eigenvalue weighted by molar-refractivity contribution is 5.74. The number of carbonyl (C=O) groups is 1. The molecule has 0 aliphatic rings. The van der Waals surface area contributed by atoms with E-state index in [4.69, 9.17) is 5.84 Å². The zero-order valence-electron chi connectivity index (χ0n) is 8.24. The first-order valence-corrected chi connectivity index (χ1v) is 4.47. The van der Waals surface area contributed by atoms with Gasteiger partial charge in [0.15, 0.2) is 0 Å². The summed E-state index contributed by atoms with van der Waals surface area (Å²) in [7, 11) is 0. The number of hydrogen-bond acceptors (Lipinski definition) is 6. The van der Waals surface area contributed by atoms with Crippen LogP contribution in [0.3, 0.4) is 0 Å². The van der Waals surface area contributed by atoms with E-state index in [1.54, 1.807) is 24.5 Å². The first-order chi connectivity index (χ1) is 7.79. The summed E-state index contributed by atoms with van der Waals surface area (Å²) in [4.78, 5) is 16.0. The van der Waals surface area contributed by atoms with Gasteiger partial charge in [-0.2, -0.15) is 4.80 Å². The maximum atomic E-state index is 11.0. The van der Waals surface area contributed by atoms with E-state index in [1.165, 1.54) is 0 Å². The van der Waals surface area contributed by atoms with E-state index in [2.05, 4.69) is 20.4 Å². The fourth-order valence-electron chi connectivity index (χ4n) is 1.10. The van der Waals surface area contributed by atoms with Crippen LogP contribution in [0.2, 0.25) is 0 Å². The lowest BCUT2D eigenvalue weighted by Gasteiger charge is -1.95. The number of pyridine rings is 1. The van der Waals surface area contributed by atoms with Crippen LogP contribution in [0.4, 0.5) is 0 Å². The number of nitrogens with two attached hydrogens (primary N) is 1. The predicted octanol–water partition coefficient (Wildman–Crippen LogP) is -1.27. The highest BCUT2D eigenvalue weighted by Crippen LogP contribution is 2.10. The molecule has 8 heteroatoms. The molecule has 0 unspecified atom stereocenters. The van der Waals surface area contributed by atoms with Gasteiger partial charge in [-0.25, -0.2) is 5.84 Å². The van der Waals surface area contributed by atoms with Crippen LogP contribution in [-0.2, 0) is 11.3 Å². The van der Waals surface area contributed by atoms with Gasteiger partial charge in [-0.05, 0) is 17.3 Å². The molecule has 2 heterocycles. The fraction of sp³-hybridized carbons (Fsp3) is 0.125. The summed E-state index contributed by atoms with van der Waals surface area (Å²) in [6.07, 6.45) is 3.26. The van der Waals surface area contributed by atoms with Crippen molar-refractivity contribution in [3.63, 3.8) is 0 Å². The van der Waals surface area contributed by atoms with E-state index in [9.17, 15) is 4.79 Å². The van der Waals surface area contributed by atoms with E-state index in [0.29, 0.717) is 5.82 Å². The lowest BCUT2D eigenvalue weighted by atomic mass is 10.3. The van der Waals surface area contributed by atoms with Crippen molar-refractivity contribution in [1.82, 2.24) is 30.6 Å². The van der Waals surface area contributed by atoms with Gasteiger partial charge in [0.2, 0.25) is 5.82 Å². The molecule has 82 valence electrons. The number of rotatable bonds is 3. The van der Waals surface area contributed by atoms with E-state index in [-0.39, 0.29) is 6.54 Å². The van der Waals surface area contributed by atoms with Crippen LogP contribution in [0.1, 0.15) is 0 Å². The van der Waals surface area contributed by atoms with Gasteiger partial charge < -0.3 is 0 Å². The maximum Gasteiger partial charge on any atom is 0.257 e. The Balaban J connectivity index is 2.17. The number of nitrogens with zero attached hydrogens (tertiary/aromatic N) is 5. The monoisotopic (exact) mass is 219 g/mol. The molecular weight excluding hydrogens is 210 g/mol. The summed E-state index contributed by atoms with van der Waals surface area (Å²) in [5.74, 6) is 4.99. The van der Waals surface area contributed by atoms with Crippen LogP contribution >= 0.6 is 0 Å². The molecule has 0 spiro atoms.